The van der Waals surface area contributed by atoms with Crippen molar-refractivity contribution >= 4 is 23.2 Å². The van der Waals surface area contributed by atoms with E-state index in [9.17, 15) is 14.0 Å². The van der Waals surface area contributed by atoms with E-state index in [4.69, 9.17) is 4.74 Å². The lowest BCUT2D eigenvalue weighted by Crippen LogP contribution is -2.12. The Kier molecular flexibility index (Phi) is 3.41. The van der Waals surface area contributed by atoms with E-state index in [2.05, 4.69) is 0 Å². The first-order chi connectivity index (χ1) is 8.65. The molecule has 2 aromatic rings. The van der Waals surface area contributed by atoms with Crippen LogP contribution < -0.4 is 0 Å². The number of aldehydes is 1. The topological polar surface area (TPSA) is 48.3 Å². The molecule has 94 valence electrons. The molecule has 0 radical (unpaired) electrons. The molecule has 0 aliphatic heterocycles. The highest BCUT2D eigenvalue weighted by molar-refractivity contribution is 5.98. The molecule has 18 heavy (non-hydrogen) atoms. The number of esters is 1. The molecule has 5 heteroatoms. The average Bonchev–Trinajstić information content (AvgIpc) is 2.67. The van der Waals surface area contributed by atoms with E-state index in [1.54, 1.807) is 6.92 Å². The number of nitrogens with zero attached hydrogens (tertiary/aromatic N) is 1. The third kappa shape index (κ3) is 2.25. The highest BCUT2D eigenvalue weighted by atomic mass is 19.1. The van der Waals surface area contributed by atoms with Gasteiger partial charge in [0.05, 0.1) is 12.1 Å². The highest BCUT2D eigenvalue weighted by Crippen LogP contribution is 2.21. The Morgan fingerprint density at radius 2 is 2.28 bits per heavy atom. The Labute approximate surface area is 103 Å². The molecule has 0 bridgehead atoms. The van der Waals surface area contributed by atoms with Gasteiger partial charge in [-0.05, 0) is 25.1 Å². The summed E-state index contributed by atoms with van der Waals surface area (Å²) < 4.78 is 19.5. The van der Waals surface area contributed by atoms with Crippen molar-refractivity contribution in [1.29, 1.82) is 0 Å². The van der Waals surface area contributed by atoms with Gasteiger partial charge in [0, 0.05) is 17.1 Å². The van der Waals surface area contributed by atoms with Crippen molar-refractivity contribution in [2.75, 3.05) is 6.61 Å². The predicted octanol–water partition coefficient (Wildman–Crippen LogP) is 2.16. The van der Waals surface area contributed by atoms with E-state index in [-0.39, 0.29) is 13.2 Å². The van der Waals surface area contributed by atoms with Crippen LogP contribution in [0.3, 0.4) is 0 Å². The molecule has 2 rings (SSSR count). The minimum atomic E-state index is -0.420. The lowest BCUT2D eigenvalue weighted by Gasteiger charge is -2.04. The van der Waals surface area contributed by atoms with Gasteiger partial charge in [-0.2, -0.15) is 0 Å². The normalized spacial score (nSPS) is 10.6. The summed E-state index contributed by atoms with van der Waals surface area (Å²) in [6, 6.07) is 4.10. The fourth-order valence-electron chi connectivity index (χ4n) is 1.86. The minimum absolute atomic E-state index is 0.0400. The molecule has 0 unspecified atom stereocenters. The van der Waals surface area contributed by atoms with Crippen molar-refractivity contribution in [1.82, 2.24) is 4.57 Å². The molecule has 1 aromatic carbocycles. The van der Waals surface area contributed by atoms with E-state index in [1.165, 1.54) is 29.0 Å². The molecule has 0 saturated heterocycles. The molecular weight excluding hydrogens is 237 g/mol. The number of fused-ring (bicyclic) bond motifs is 1. The summed E-state index contributed by atoms with van der Waals surface area (Å²) in [4.78, 5) is 22.3. The maximum absolute atomic E-state index is 13.2. The fraction of sp³-hybridized carbons (Fsp3) is 0.231. The molecule has 0 fully saturated rings. The van der Waals surface area contributed by atoms with Crippen molar-refractivity contribution in [2.24, 2.45) is 0 Å². The van der Waals surface area contributed by atoms with Crippen molar-refractivity contribution in [3.05, 3.63) is 35.8 Å². The quantitative estimate of drug-likeness (QED) is 0.616. The third-order valence-corrected chi connectivity index (χ3v) is 2.61. The fourth-order valence-corrected chi connectivity index (χ4v) is 1.86. The highest BCUT2D eigenvalue weighted by Gasteiger charge is 2.11. The number of rotatable bonds is 4. The van der Waals surface area contributed by atoms with Crippen LogP contribution in [0, 0.1) is 5.82 Å². The van der Waals surface area contributed by atoms with Crippen LogP contribution in [0.1, 0.15) is 17.3 Å². The van der Waals surface area contributed by atoms with Gasteiger partial charge in [0.1, 0.15) is 12.4 Å². The number of ether oxygens (including phenoxy) is 1. The Morgan fingerprint density at radius 1 is 1.50 bits per heavy atom. The van der Waals surface area contributed by atoms with Gasteiger partial charge in [0.2, 0.25) is 0 Å². The predicted molar refractivity (Wildman–Crippen MR) is 63.9 cm³/mol. The Morgan fingerprint density at radius 3 is 2.94 bits per heavy atom. The largest absolute Gasteiger partial charge is 0.465 e. The number of carbonyl (C=O) groups is 2. The molecule has 1 heterocycles. The van der Waals surface area contributed by atoms with Crippen molar-refractivity contribution < 1.29 is 18.7 Å². The summed E-state index contributed by atoms with van der Waals surface area (Å²) in [6.07, 6.45) is 2.20. The first-order valence-electron chi connectivity index (χ1n) is 5.55. The lowest BCUT2D eigenvalue weighted by atomic mass is 10.2. The number of aromatic nitrogens is 1. The van der Waals surface area contributed by atoms with Crippen LogP contribution in [-0.2, 0) is 16.1 Å². The smallest absolute Gasteiger partial charge is 0.325 e. The molecule has 0 saturated carbocycles. The second kappa shape index (κ2) is 5.00. The Balaban J connectivity index is 2.46. The molecule has 0 atom stereocenters. The average molecular weight is 249 g/mol. The van der Waals surface area contributed by atoms with E-state index in [1.807, 2.05) is 0 Å². The van der Waals surface area contributed by atoms with Gasteiger partial charge in [-0.1, -0.05) is 0 Å². The van der Waals surface area contributed by atoms with Crippen LogP contribution in [0.4, 0.5) is 4.39 Å². The van der Waals surface area contributed by atoms with Gasteiger partial charge in [-0.25, -0.2) is 4.39 Å². The van der Waals surface area contributed by atoms with Crippen LogP contribution in [0.2, 0.25) is 0 Å². The number of carbonyl (C=O) groups excluding carboxylic acids is 2. The molecule has 0 aliphatic rings. The van der Waals surface area contributed by atoms with E-state index in [0.717, 1.165) is 0 Å². The molecule has 0 aliphatic carbocycles. The van der Waals surface area contributed by atoms with E-state index >= 15 is 0 Å². The summed E-state index contributed by atoms with van der Waals surface area (Å²) in [5, 5.41) is 0.621. The first kappa shape index (κ1) is 12.3. The van der Waals surface area contributed by atoms with Gasteiger partial charge < -0.3 is 9.30 Å². The molecule has 4 nitrogen and oxygen atoms in total. The molecule has 0 N–H and O–H groups in total. The van der Waals surface area contributed by atoms with Crippen LogP contribution >= 0.6 is 0 Å². The molecule has 0 spiro atoms. The van der Waals surface area contributed by atoms with Crippen LogP contribution in [-0.4, -0.2) is 23.4 Å². The number of halogens is 1. The van der Waals surface area contributed by atoms with Gasteiger partial charge in [-0.15, -0.1) is 0 Å². The number of benzene rings is 1. The second-order valence-corrected chi connectivity index (χ2v) is 3.80. The van der Waals surface area contributed by atoms with Gasteiger partial charge in [0.25, 0.3) is 0 Å². The minimum Gasteiger partial charge on any atom is -0.465 e. The van der Waals surface area contributed by atoms with Crippen LogP contribution in [0.25, 0.3) is 10.9 Å². The monoisotopic (exact) mass is 249 g/mol. The summed E-state index contributed by atoms with van der Waals surface area (Å²) >= 11 is 0. The summed E-state index contributed by atoms with van der Waals surface area (Å²) in [5.74, 6) is -0.834. The zero-order valence-electron chi connectivity index (χ0n) is 9.85. The van der Waals surface area contributed by atoms with Crippen molar-refractivity contribution in [3.8, 4) is 0 Å². The van der Waals surface area contributed by atoms with Gasteiger partial charge >= 0.3 is 5.97 Å². The van der Waals surface area contributed by atoms with E-state index in [0.29, 0.717) is 22.8 Å². The van der Waals surface area contributed by atoms with Gasteiger partial charge in [-0.3, -0.25) is 9.59 Å². The standard InChI is InChI=1S/C13H12FNO3/c1-2-18-13(17)7-15-6-9(8-16)11-4-3-10(14)5-12(11)15/h3-6,8H,2,7H2,1H3. The molecule has 0 amide bonds. The number of hydrogen-bond acceptors (Lipinski definition) is 3. The summed E-state index contributed by atoms with van der Waals surface area (Å²) in [5.41, 5.74) is 0.930. The summed E-state index contributed by atoms with van der Waals surface area (Å²) in [6.45, 7) is 1.96. The number of hydrogen-bond donors (Lipinski definition) is 0. The molecular formula is C13H12FNO3. The van der Waals surface area contributed by atoms with Crippen LogP contribution in [0.5, 0.6) is 0 Å². The van der Waals surface area contributed by atoms with Gasteiger partial charge in [0.15, 0.2) is 6.29 Å². The Bertz CT molecular complexity index is 604. The first-order valence-corrected chi connectivity index (χ1v) is 5.55. The maximum Gasteiger partial charge on any atom is 0.325 e. The second-order valence-electron chi connectivity index (χ2n) is 3.80. The SMILES string of the molecule is CCOC(=O)Cn1cc(C=O)c2ccc(F)cc21. The zero-order valence-corrected chi connectivity index (χ0v) is 9.85. The lowest BCUT2D eigenvalue weighted by molar-refractivity contribution is -0.143. The summed E-state index contributed by atoms with van der Waals surface area (Å²) in [7, 11) is 0. The van der Waals surface area contributed by atoms with E-state index < -0.39 is 11.8 Å². The third-order valence-electron chi connectivity index (χ3n) is 2.61. The van der Waals surface area contributed by atoms with Crippen molar-refractivity contribution in [2.45, 2.75) is 13.5 Å². The van der Waals surface area contributed by atoms with Crippen LogP contribution in [0.15, 0.2) is 24.4 Å². The molecule has 1 aromatic heterocycles. The Hall–Kier alpha value is -2.17. The maximum atomic E-state index is 13.2. The zero-order chi connectivity index (χ0) is 13.1. The van der Waals surface area contributed by atoms with Crippen molar-refractivity contribution in [3.63, 3.8) is 0 Å².